The molecular weight excluding hydrogens is 448 g/mol. The Morgan fingerprint density at radius 2 is 1.83 bits per heavy atom. The number of ether oxygens (including phenoxy) is 1. The lowest BCUT2D eigenvalue weighted by Crippen LogP contribution is -2.40. The van der Waals surface area contributed by atoms with Gasteiger partial charge in [-0.25, -0.2) is 18.7 Å². The van der Waals surface area contributed by atoms with E-state index in [0.717, 1.165) is 48.4 Å². The summed E-state index contributed by atoms with van der Waals surface area (Å²) in [7, 11) is 0. The van der Waals surface area contributed by atoms with Crippen molar-refractivity contribution < 1.29 is 13.5 Å². The molecule has 1 aliphatic heterocycles. The number of aryl methyl sites for hydroxylation is 1. The highest BCUT2D eigenvalue weighted by Gasteiger charge is 2.44. The maximum absolute atomic E-state index is 13.8. The van der Waals surface area contributed by atoms with E-state index in [-0.39, 0.29) is 12.1 Å². The second kappa shape index (κ2) is 9.00. The summed E-state index contributed by atoms with van der Waals surface area (Å²) >= 11 is 0. The largest absolute Gasteiger partial charge is 0.471 e. The zero-order chi connectivity index (χ0) is 23.9. The number of aromatic nitrogens is 4. The monoisotopic (exact) mass is 475 g/mol. The summed E-state index contributed by atoms with van der Waals surface area (Å²) in [4.78, 5) is 15.7. The van der Waals surface area contributed by atoms with Gasteiger partial charge in [0.15, 0.2) is 11.6 Å². The van der Waals surface area contributed by atoms with Gasteiger partial charge in [0, 0.05) is 32.0 Å². The lowest BCUT2D eigenvalue weighted by molar-refractivity contribution is 0.0519. The molecule has 1 saturated carbocycles. The molecule has 180 valence electrons. The van der Waals surface area contributed by atoms with E-state index in [1.54, 1.807) is 24.7 Å². The van der Waals surface area contributed by atoms with Crippen molar-refractivity contribution in [3.8, 4) is 5.88 Å². The van der Waals surface area contributed by atoms with Crippen molar-refractivity contribution in [1.82, 2.24) is 24.4 Å². The number of halogens is 2. The van der Waals surface area contributed by atoms with Crippen molar-refractivity contribution in [3.63, 3.8) is 0 Å². The van der Waals surface area contributed by atoms with E-state index in [2.05, 4.69) is 32.4 Å². The van der Waals surface area contributed by atoms with E-state index < -0.39 is 11.6 Å². The average molecular weight is 476 g/mol. The van der Waals surface area contributed by atoms with Crippen LogP contribution < -0.4 is 4.74 Å². The molecule has 0 bridgehead atoms. The fourth-order valence-corrected chi connectivity index (χ4v) is 6.00. The molecule has 2 aromatic heterocycles. The number of hydrogen-bond donors (Lipinski definition) is 0. The first-order chi connectivity index (χ1) is 17.0. The van der Waals surface area contributed by atoms with Crippen molar-refractivity contribution >= 4 is 11.0 Å². The van der Waals surface area contributed by atoms with E-state index in [4.69, 9.17) is 9.72 Å². The van der Waals surface area contributed by atoms with Gasteiger partial charge >= 0.3 is 0 Å². The summed E-state index contributed by atoms with van der Waals surface area (Å²) in [6.45, 7) is 4.48. The van der Waals surface area contributed by atoms with Gasteiger partial charge in [0.1, 0.15) is 11.9 Å². The molecule has 1 aliphatic carbocycles. The summed E-state index contributed by atoms with van der Waals surface area (Å²) in [5.74, 6) is 0.831. The van der Waals surface area contributed by atoms with Crippen molar-refractivity contribution in [2.45, 2.75) is 38.5 Å². The number of nitrogens with zero attached hydrogens (tertiary/aromatic N) is 5. The molecule has 6 nitrogen and oxygen atoms in total. The van der Waals surface area contributed by atoms with Crippen LogP contribution in [0.1, 0.15) is 30.3 Å². The molecule has 3 heterocycles. The topological polar surface area (TPSA) is 56.1 Å². The fraction of sp³-hybridized carbons (Fsp3) is 0.370. The molecule has 0 amide bonds. The summed E-state index contributed by atoms with van der Waals surface area (Å²) in [6.07, 6.45) is 6.70. The zero-order valence-electron chi connectivity index (χ0n) is 19.5. The number of fused-ring (bicyclic) bond motifs is 2. The quantitative estimate of drug-likeness (QED) is 0.409. The van der Waals surface area contributed by atoms with Crippen LogP contribution in [0.15, 0.2) is 61.1 Å². The number of benzene rings is 2. The van der Waals surface area contributed by atoms with Gasteiger partial charge in [0.05, 0.1) is 23.3 Å². The molecule has 0 spiro atoms. The SMILES string of the molecule is Cc1nc2ccccc2n1[C@H]1C[C@H]2CN(Cc3ccc(F)c(F)c3)C[C@H]2C[C@@H]1Oc1cnccn1. The smallest absolute Gasteiger partial charge is 0.232 e. The van der Waals surface area contributed by atoms with Gasteiger partial charge < -0.3 is 9.30 Å². The van der Waals surface area contributed by atoms with Crippen LogP contribution in [0.4, 0.5) is 8.78 Å². The van der Waals surface area contributed by atoms with Crippen molar-refractivity contribution in [2.75, 3.05) is 13.1 Å². The second-order valence-corrected chi connectivity index (χ2v) is 9.72. The summed E-state index contributed by atoms with van der Waals surface area (Å²) in [5.41, 5.74) is 2.89. The molecule has 8 heteroatoms. The molecule has 4 atom stereocenters. The minimum Gasteiger partial charge on any atom is -0.471 e. The number of rotatable bonds is 5. The standard InChI is InChI=1S/C27H27F2N5O/c1-17-32-23-4-2-3-5-24(23)34(17)25-11-19-15-33(14-18-6-7-21(28)22(29)10-18)16-20(19)12-26(25)35-27-13-30-8-9-31-27/h2-10,13,19-20,25-26H,11-12,14-16H2,1H3/t19-,20+,25-,26-/m0/s1. The van der Waals surface area contributed by atoms with Crippen molar-refractivity contribution in [1.29, 1.82) is 0 Å². The third-order valence-electron chi connectivity index (χ3n) is 7.47. The second-order valence-electron chi connectivity index (χ2n) is 9.72. The predicted octanol–water partition coefficient (Wildman–Crippen LogP) is 4.94. The number of hydrogen-bond acceptors (Lipinski definition) is 5. The van der Waals surface area contributed by atoms with Gasteiger partial charge in [0.2, 0.25) is 5.88 Å². The molecule has 35 heavy (non-hydrogen) atoms. The van der Waals surface area contributed by atoms with Crippen LogP contribution in [-0.4, -0.2) is 43.6 Å². The molecule has 6 rings (SSSR count). The zero-order valence-corrected chi connectivity index (χ0v) is 19.5. The third kappa shape index (κ3) is 4.27. The molecule has 1 saturated heterocycles. The Labute approximate surface area is 202 Å². The highest BCUT2D eigenvalue weighted by molar-refractivity contribution is 5.76. The van der Waals surface area contributed by atoms with Crippen LogP contribution in [0.3, 0.4) is 0 Å². The Hall–Kier alpha value is -3.39. The Morgan fingerprint density at radius 1 is 1.00 bits per heavy atom. The number of imidazole rings is 1. The van der Waals surface area contributed by atoms with Crippen LogP contribution >= 0.6 is 0 Å². The van der Waals surface area contributed by atoms with E-state index in [1.165, 1.54) is 12.1 Å². The Bertz CT molecular complexity index is 1340. The van der Waals surface area contributed by atoms with Crippen LogP contribution in [0.2, 0.25) is 0 Å². The first-order valence-corrected chi connectivity index (χ1v) is 12.1. The van der Waals surface area contributed by atoms with Gasteiger partial charge in [0.25, 0.3) is 0 Å². The molecule has 2 fully saturated rings. The predicted molar refractivity (Wildman–Crippen MR) is 128 cm³/mol. The molecular formula is C27H27F2N5O. The van der Waals surface area contributed by atoms with E-state index >= 15 is 0 Å². The first kappa shape index (κ1) is 22.1. The molecule has 0 N–H and O–H groups in total. The number of likely N-dealkylation sites (tertiary alicyclic amines) is 1. The summed E-state index contributed by atoms with van der Waals surface area (Å²) < 4.78 is 35.9. The van der Waals surface area contributed by atoms with E-state index in [0.29, 0.717) is 24.3 Å². The minimum atomic E-state index is -0.807. The Kier molecular flexibility index (Phi) is 5.68. The highest BCUT2D eigenvalue weighted by Crippen LogP contribution is 2.44. The lowest BCUT2D eigenvalue weighted by atomic mass is 9.77. The molecule has 2 aromatic carbocycles. The fourth-order valence-electron chi connectivity index (χ4n) is 6.00. The third-order valence-corrected chi connectivity index (χ3v) is 7.47. The highest BCUT2D eigenvalue weighted by atomic mass is 19.2. The van der Waals surface area contributed by atoms with Gasteiger partial charge in [-0.15, -0.1) is 0 Å². The molecule has 0 radical (unpaired) electrons. The molecule has 2 aliphatic rings. The van der Waals surface area contributed by atoms with Gasteiger partial charge in [-0.05, 0) is 61.4 Å². The maximum Gasteiger partial charge on any atom is 0.232 e. The lowest BCUT2D eigenvalue weighted by Gasteiger charge is -2.39. The van der Waals surface area contributed by atoms with Gasteiger partial charge in [-0.1, -0.05) is 18.2 Å². The first-order valence-electron chi connectivity index (χ1n) is 12.1. The van der Waals surface area contributed by atoms with Crippen LogP contribution in [0, 0.1) is 30.4 Å². The van der Waals surface area contributed by atoms with Gasteiger partial charge in [-0.2, -0.15) is 0 Å². The molecule has 4 aromatic rings. The maximum atomic E-state index is 13.8. The van der Waals surface area contributed by atoms with Gasteiger partial charge in [-0.3, -0.25) is 9.88 Å². The van der Waals surface area contributed by atoms with Crippen molar-refractivity contribution in [3.05, 3.63) is 84.1 Å². The number of para-hydroxylation sites is 2. The van der Waals surface area contributed by atoms with E-state index in [1.807, 2.05) is 18.2 Å². The summed E-state index contributed by atoms with van der Waals surface area (Å²) in [6, 6.07) is 12.5. The van der Waals surface area contributed by atoms with Crippen LogP contribution in [0.25, 0.3) is 11.0 Å². The van der Waals surface area contributed by atoms with Crippen LogP contribution in [-0.2, 0) is 6.54 Å². The Balaban J connectivity index is 1.28. The summed E-state index contributed by atoms with van der Waals surface area (Å²) in [5, 5.41) is 0. The normalized spacial score (nSPS) is 24.5. The average Bonchev–Trinajstić information content (AvgIpc) is 3.40. The Morgan fingerprint density at radius 3 is 2.63 bits per heavy atom. The van der Waals surface area contributed by atoms with E-state index in [9.17, 15) is 8.78 Å². The van der Waals surface area contributed by atoms with Crippen LogP contribution in [0.5, 0.6) is 5.88 Å². The van der Waals surface area contributed by atoms with Crippen molar-refractivity contribution in [2.24, 2.45) is 11.8 Å². The minimum absolute atomic E-state index is 0.0764. The molecule has 0 unspecified atom stereocenters.